The molecule has 1 aliphatic rings. The summed E-state index contributed by atoms with van der Waals surface area (Å²) in [5.41, 5.74) is 0.488. The van der Waals surface area contributed by atoms with E-state index >= 15 is 0 Å². The molecule has 1 aromatic rings. The molecule has 1 aliphatic carbocycles. The van der Waals surface area contributed by atoms with Crippen LogP contribution in [0.5, 0.6) is 0 Å². The highest BCUT2D eigenvalue weighted by Gasteiger charge is 2.19. The SMILES string of the molecule is CNc1ncc(C(=O)NCCN(C)C2CCCC2)cc1Cl. The number of halogens is 1. The molecular formula is C15H23ClN4O. The van der Waals surface area contributed by atoms with E-state index in [0.717, 1.165) is 6.54 Å². The summed E-state index contributed by atoms with van der Waals surface area (Å²) in [6.45, 7) is 1.50. The van der Waals surface area contributed by atoms with Gasteiger partial charge in [-0.05, 0) is 26.0 Å². The summed E-state index contributed by atoms with van der Waals surface area (Å²) in [4.78, 5) is 18.5. The van der Waals surface area contributed by atoms with Crippen LogP contribution in [0.25, 0.3) is 0 Å². The molecule has 1 saturated carbocycles. The maximum Gasteiger partial charge on any atom is 0.252 e. The Kier molecular flexibility index (Phi) is 5.82. The third-order valence-corrected chi connectivity index (χ3v) is 4.33. The van der Waals surface area contributed by atoms with Gasteiger partial charge in [-0.1, -0.05) is 24.4 Å². The minimum atomic E-state index is -0.133. The number of carbonyl (C=O) groups excluding carboxylic acids is 1. The van der Waals surface area contributed by atoms with Crippen LogP contribution in [-0.2, 0) is 0 Å². The van der Waals surface area contributed by atoms with Gasteiger partial charge in [0.15, 0.2) is 0 Å². The molecule has 6 heteroatoms. The highest BCUT2D eigenvalue weighted by atomic mass is 35.5. The molecule has 1 amide bonds. The largest absolute Gasteiger partial charge is 0.372 e. The summed E-state index contributed by atoms with van der Waals surface area (Å²) in [6.07, 6.45) is 6.73. The highest BCUT2D eigenvalue weighted by Crippen LogP contribution is 2.22. The average Bonchev–Trinajstić information content (AvgIpc) is 3.01. The normalized spacial score (nSPS) is 15.4. The van der Waals surface area contributed by atoms with Crippen LogP contribution in [0.1, 0.15) is 36.0 Å². The van der Waals surface area contributed by atoms with Gasteiger partial charge in [0.05, 0.1) is 10.6 Å². The minimum Gasteiger partial charge on any atom is -0.372 e. The molecule has 116 valence electrons. The van der Waals surface area contributed by atoms with Gasteiger partial charge in [-0.3, -0.25) is 4.79 Å². The maximum atomic E-state index is 12.1. The molecule has 0 bridgehead atoms. The van der Waals surface area contributed by atoms with E-state index in [9.17, 15) is 4.79 Å². The summed E-state index contributed by atoms with van der Waals surface area (Å²) in [5, 5.41) is 6.24. The van der Waals surface area contributed by atoms with Crippen molar-refractivity contribution in [1.29, 1.82) is 0 Å². The molecule has 0 aromatic carbocycles. The second kappa shape index (κ2) is 7.61. The Morgan fingerprint density at radius 3 is 2.81 bits per heavy atom. The fourth-order valence-corrected chi connectivity index (χ4v) is 2.98. The van der Waals surface area contributed by atoms with Crippen molar-refractivity contribution in [2.75, 3.05) is 32.5 Å². The van der Waals surface area contributed by atoms with Crippen molar-refractivity contribution in [2.45, 2.75) is 31.7 Å². The van der Waals surface area contributed by atoms with E-state index in [1.807, 2.05) is 0 Å². The van der Waals surface area contributed by atoms with Crippen LogP contribution in [0, 0.1) is 0 Å². The summed E-state index contributed by atoms with van der Waals surface area (Å²) in [5.74, 6) is 0.445. The van der Waals surface area contributed by atoms with Crippen LogP contribution < -0.4 is 10.6 Å². The fraction of sp³-hybridized carbons (Fsp3) is 0.600. The van der Waals surface area contributed by atoms with E-state index in [-0.39, 0.29) is 5.91 Å². The molecule has 21 heavy (non-hydrogen) atoms. The number of pyridine rings is 1. The zero-order chi connectivity index (χ0) is 15.2. The molecule has 2 rings (SSSR count). The highest BCUT2D eigenvalue weighted by molar-refractivity contribution is 6.33. The van der Waals surface area contributed by atoms with Crippen LogP contribution in [0.4, 0.5) is 5.82 Å². The number of likely N-dealkylation sites (N-methyl/N-ethyl adjacent to an activating group) is 1. The van der Waals surface area contributed by atoms with Crippen LogP contribution in [0.15, 0.2) is 12.3 Å². The van der Waals surface area contributed by atoms with Gasteiger partial charge >= 0.3 is 0 Å². The van der Waals surface area contributed by atoms with Crippen molar-refractivity contribution in [3.05, 3.63) is 22.8 Å². The smallest absolute Gasteiger partial charge is 0.252 e. The maximum absolute atomic E-state index is 12.1. The standard InChI is InChI=1S/C15H23ClN4O/c1-17-14-13(16)9-11(10-19-14)15(21)18-7-8-20(2)12-5-3-4-6-12/h9-10,12H,3-8H2,1-2H3,(H,17,19)(H,18,21). The van der Waals surface area contributed by atoms with Crippen molar-refractivity contribution in [3.8, 4) is 0 Å². The summed E-state index contributed by atoms with van der Waals surface area (Å²) in [6, 6.07) is 2.31. The molecule has 1 fully saturated rings. The molecule has 0 unspecified atom stereocenters. The Morgan fingerprint density at radius 1 is 1.48 bits per heavy atom. The van der Waals surface area contributed by atoms with Crippen LogP contribution in [0.2, 0.25) is 5.02 Å². The topological polar surface area (TPSA) is 57.3 Å². The number of aromatic nitrogens is 1. The minimum absolute atomic E-state index is 0.133. The van der Waals surface area contributed by atoms with Gasteiger partial charge in [-0.2, -0.15) is 0 Å². The van der Waals surface area contributed by atoms with Crippen molar-refractivity contribution in [3.63, 3.8) is 0 Å². The third-order valence-electron chi connectivity index (χ3n) is 4.04. The van der Waals surface area contributed by atoms with Gasteiger partial charge in [0.2, 0.25) is 0 Å². The van der Waals surface area contributed by atoms with Gasteiger partial charge in [-0.25, -0.2) is 4.98 Å². The molecule has 1 aromatic heterocycles. The monoisotopic (exact) mass is 310 g/mol. The van der Waals surface area contributed by atoms with Crippen molar-refractivity contribution in [2.24, 2.45) is 0 Å². The first kappa shape index (κ1) is 16.0. The number of nitrogens with zero attached hydrogens (tertiary/aromatic N) is 2. The lowest BCUT2D eigenvalue weighted by Crippen LogP contribution is -2.37. The number of carbonyl (C=O) groups is 1. The Labute approximate surface area is 131 Å². The fourth-order valence-electron chi connectivity index (χ4n) is 2.72. The number of hydrogen-bond acceptors (Lipinski definition) is 4. The predicted octanol–water partition coefficient (Wildman–Crippen LogP) is 2.38. The number of rotatable bonds is 6. The van der Waals surface area contributed by atoms with Gasteiger partial charge in [0.25, 0.3) is 5.91 Å². The zero-order valence-corrected chi connectivity index (χ0v) is 13.4. The number of hydrogen-bond donors (Lipinski definition) is 2. The molecule has 5 nitrogen and oxygen atoms in total. The summed E-state index contributed by atoms with van der Waals surface area (Å²) >= 11 is 6.03. The quantitative estimate of drug-likeness (QED) is 0.847. The molecule has 0 spiro atoms. The second-order valence-electron chi connectivity index (χ2n) is 5.48. The van der Waals surface area contributed by atoms with E-state index in [2.05, 4.69) is 27.6 Å². The molecule has 1 heterocycles. The zero-order valence-electron chi connectivity index (χ0n) is 12.7. The van der Waals surface area contributed by atoms with Crippen LogP contribution in [0.3, 0.4) is 0 Å². The van der Waals surface area contributed by atoms with Crippen LogP contribution >= 0.6 is 11.6 Å². The lowest BCUT2D eigenvalue weighted by molar-refractivity contribution is 0.0947. The number of nitrogens with one attached hydrogen (secondary N) is 2. The van der Waals surface area contributed by atoms with Crippen molar-refractivity contribution < 1.29 is 4.79 Å². The summed E-state index contributed by atoms with van der Waals surface area (Å²) in [7, 11) is 3.87. The summed E-state index contributed by atoms with van der Waals surface area (Å²) < 4.78 is 0. The Morgan fingerprint density at radius 2 is 2.19 bits per heavy atom. The molecule has 0 atom stereocenters. The van der Waals surface area contributed by atoms with Gasteiger partial charge < -0.3 is 15.5 Å². The van der Waals surface area contributed by atoms with Crippen LogP contribution in [-0.4, -0.2) is 49.0 Å². The molecule has 0 aliphatic heterocycles. The number of amides is 1. The average molecular weight is 311 g/mol. The van der Waals surface area contributed by atoms with Crippen molar-refractivity contribution in [1.82, 2.24) is 15.2 Å². The Balaban J connectivity index is 1.80. The molecular weight excluding hydrogens is 288 g/mol. The van der Waals surface area contributed by atoms with E-state index < -0.39 is 0 Å². The van der Waals surface area contributed by atoms with E-state index in [1.54, 1.807) is 13.1 Å². The van der Waals surface area contributed by atoms with E-state index in [4.69, 9.17) is 11.6 Å². The van der Waals surface area contributed by atoms with E-state index in [1.165, 1.54) is 31.9 Å². The third kappa shape index (κ3) is 4.32. The first-order valence-electron chi connectivity index (χ1n) is 7.43. The Hall–Kier alpha value is -1.33. The van der Waals surface area contributed by atoms with E-state index in [0.29, 0.717) is 29.0 Å². The molecule has 0 saturated heterocycles. The van der Waals surface area contributed by atoms with Gasteiger partial charge in [-0.15, -0.1) is 0 Å². The Bertz CT molecular complexity index is 489. The first-order valence-corrected chi connectivity index (χ1v) is 7.81. The predicted molar refractivity (Wildman–Crippen MR) is 86.0 cm³/mol. The number of anilines is 1. The van der Waals surface area contributed by atoms with Gasteiger partial charge in [0, 0.05) is 32.4 Å². The van der Waals surface area contributed by atoms with Crippen molar-refractivity contribution >= 4 is 23.3 Å². The molecule has 2 N–H and O–H groups in total. The molecule has 0 radical (unpaired) electrons. The lowest BCUT2D eigenvalue weighted by Gasteiger charge is -2.23. The second-order valence-corrected chi connectivity index (χ2v) is 5.89. The van der Waals surface area contributed by atoms with Gasteiger partial charge in [0.1, 0.15) is 5.82 Å². The lowest BCUT2D eigenvalue weighted by atomic mass is 10.2. The first-order chi connectivity index (χ1) is 10.1.